The maximum Gasteiger partial charge on any atom is 0.310 e. The zero-order valence-electron chi connectivity index (χ0n) is 11.3. The van der Waals surface area contributed by atoms with E-state index in [1.165, 1.54) is 6.07 Å². The van der Waals surface area contributed by atoms with Crippen molar-refractivity contribution in [3.8, 4) is 11.1 Å². The summed E-state index contributed by atoms with van der Waals surface area (Å²) in [6.07, 6.45) is 1.26. The van der Waals surface area contributed by atoms with Crippen LogP contribution in [0.1, 0.15) is 31.2 Å². The Morgan fingerprint density at radius 3 is 2.45 bits per heavy atom. The lowest BCUT2D eigenvalue weighted by molar-refractivity contribution is -0.139. The first-order valence-corrected chi connectivity index (χ1v) is 6.71. The van der Waals surface area contributed by atoms with Gasteiger partial charge in [0.2, 0.25) is 0 Å². The molecule has 1 unspecified atom stereocenters. The smallest absolute Gasteiger partial charge is 0.310 e. The van der Waals surface area contributed by atoms with Crippen LogP contribution in [0.2, 0.25) is 0 Å². The Morgan fingerprint density at radius 2 is 1.90 bits per heavy atom. The average molecular weight is 272 g/mol. The second kappa shape index (κ2) is 6.33. The number of carbonyl (C=O) groups is 1. The third kappa shape index (κ3) is 3.05. The lowest BCUT2D eigenvalue weighted by atomic mass is 9.92. The summed E-state index contributed by atoms with van der Waals surface area (Å²) in [5.74, 6) is -1.92. The lowest BCUT2D eigenvalue weighted by Crippen LogP contribution is -2.11. The number of aliphatic carboxylic acids is 1. The molecule has 2 nitrogen and oxygen atoms in total. The molecule has 3 heteroatoms. The molecule has 1 atom stereocenters. The third-order valence-corrected chi connectivity index (χ3v) is 3.36. The Hall–Kier alpha value is -2.16. The van der Waals surface area contributed by atoms with E-state index in [1.807, 2.05) is 37.3 Å². The van der Waals surface area contributed by atoms with Crippen LogP contribution in [-0.2, 0) is 4.79 Å². The molecule has 0 aromatic heterocycles. The van der Waals surface area contributed by atoms with Gasteiger partial charge < -0.3 is 5.11 Å². The molecule has 0 saturated heterocycles. The van der Waals surface area contributed by atoms with Gasteiger partial charge in [0.15, 0.2) is 0 Å². The highest BCUT2D eigenvalue weighted by Crippen LogP contribution is 2.28. The molecule has 0 fully saturated rings. The number of rotatable bonds is 5. The Kier molecular flexibility index (Phi) is 4.51. The molecule has 0 aliphatic rings. The van der Waals surface area contributed by atoms with Crippen molar-refractivity contribution in [1.29, 1.82) is 0 Å². The average Bonchev–Trinajstić information content (AvgIpc) is 2.45. The first kappa shape index (κ1) is 14.3. The fraction of sp³-hybridized carbons (Fsp3) is 0.235. The first-order chi connectivity index (χ1) is 9.63. The van der Waals surface area contributed by atoms with Gasteiger partial charge in [-0.1, -0.05) is 55.8 Å². The number of halogens is 1. The summed E-state index contributed by atoms with van der Waals surface area (Å²) in [5.41, 5.74) is 1.81. The van der Waals surface area contributed by atoms with Gasteiger partial charge in [-0.15, -0.1) is 0 Å². The molecule has 0 heterocycles. The van der Waals surface area contributed by atoms with Crippen molar-refractivity contribution < 1.29 is 14.3 Å². The summed E-state index contributed by atoms with van der Waals surface area (Å²) in [5, 5.41) is 9.21. The summed E-state index contributed by atoms with van der Waals surface area (Å²) in [6, 6.07) is 13.9. The number of carboxylic acids is 1. The van der Waals surface area contributed by atoms with Crippen molar-refractivity contribution in [2.45, 2.75) is 25.7 Å². The molecule has 0 aliphatic heterocycles. The molecule has 0 amide bonds. The molecule has 104 valence electrons. The minimum absolute atomic E-state index is 0.379. The quantitative estimate of drug-likeness (QED) is 0.872. The molecule has 0 bridgehead atoms. The van der Waals surface area contributed by atoms with Crippen molar-refractivity contribution >= 4 is 5.97 Å². The van der Waals surface area contributed by atoms with Crippen molar-refractivity contribution in [2.24, 2.45) is 0 Å². The van der Waals surface area contributed by atoms with Crippen LogP contribution in [0.4, 0.5) is 4.39 Å². The van der Waals surface area contributed by atoms with E-state index in [-0.39, 0.29) is 5.82 Å². The van der Waals surface area contributed by atoms with Gasteiger partial charge >= 0.3 is 5.97 Å². The summed E-state index contributed by atoms with van der Waals surface area (Å²) in [7, 11) is 0. The normalized spacial score (nSPS) is 12.1. The van der Waals surface area contributed by atoms with E-state index in [0.29, 0.717) is 17.5 Å². The minimum Gasteiger partial charge on any atom is -0.481 e. The predicted molar refractivity (Wildman–Crippen MR) is 77.1 cm³/mol. The van der Waals surface area contributed by atoms with Crippen LogP contribution < -0.4 is 0 Å². The maximum absolute atomic E-state index is 14.2. The minimum atomic E-state index is -0.904. The van der Waals surface area contributed by atoms with Gasteiger partial charge in [0.1, 0.15) is 5.82 Å². The van der Waals surface area contributed by atoms with Gasteiger partial charge in [-0.05, 0) is 23.6 Å². The van der Waals surface area contributed by atoms with Crippen LogP contribution in [0, 0.1) is 5.82 Å². The Balaban J connectivity index is 2.37. The monoisotopic (exact) mass is 272 g/mol. The summed E-state index contributed by atoms with van der Waals surface area (Å²) in [4.78, 5) is 11.2. The van der Waals surface area contributed by atoms with Gasteiger partial charge in [0.25, 0.3) is 0 Å². The zero-order chi connectivity index (χ0) is 14.5. The van der Waals surface area contributed by atoms with Crippen molar-refractivity contribution in [3.05, 3.63) is 59.9 Å². The molecule has 0 spiro atoms. The fourth-order valence-corrected chi connectivity index (χ4v) is 2.32. The summed E-state index contributed by atoms with van der Waals surface area (Å²) >= 11 is 0. The predicted octanol–water partition coefficient (Wildman–Crippen LogP) is 4.46. The molecule has 0 saturated carbocycles. The Bertz CT molecular complexity index is 593. The van der Waals surface area contributed by atoms with Gasteiger partial charge in [-0.3, -0.25) is 4.79 Å². The van der Waals surface area contributed by atoms with Crippen LogP contribution in [0.15, 0.2) is 48.5 Å². The second-order valence-corrected chi connectivity index (χ2v) is 4.78. The van der Waals surface area contributed by atoms with E-state index in [4.69, 9.17) is 0 Å². The molecule has 2 aromatic carbocycles. The fourth-order valence-electron chi connectivity index (χ4n) is 2.32. The maximum atomic E-state index is 14.2. The van der Waals surface area contributed by atoms with E-state index in [1.54, 1.807) is 12.1 Å². The molecular formula is C17H17FO2. The van der Waals surface area contributed by atoms with Crippen LogP contribution in [0.25, 0.3) is 11.1 Å². The molecular weight excluding hydrogens is 255 g/mol. The highest BCUT2D eigenvalue weighted by atomic mass is 19.1. The topological polar surface area (TPSA) is 37.3 Å². The van der Waals surface area contributed by atoms with Gasteiger partial charge in [0.05, 0.1) is 5.92 Å². The molecule has 0 radical (unpaired) electrons. The molecule has 2 aromatic rings. The van der Waals surface area contributed by atoms with Gasteiger partial charge in [0, 0.05) is 5.56 Å². The van der Waals surface area contributed by atoms with Gasteiger partial charge in [-0.25, -0.2) is 4.39 Å². The third-order valence-electron chi connectivity index (χ3n) is 3.36. The van der Waals surface area contributed by atoms with E-state index in [9.17, 15) is 14.3 Å². The zero-order valence-corrected chi connectivity index (χ0v) is 11.3. The van der Waals surface area contributed by atoms with Crippen LogP contribution in [0.5, 0.6) is 0 Å². The highest BCUT2D eigenvalue weighted by molar-refractivity contribution is 5.76. The van der Waals surface area contributed by atoms with Crippen LogP contribution in [0.3, 0.4) is 0 Å². The van der Waals surface area contributed by atoms with E-state index in [2.05, 4.69) is 0 Å². The summed E-state index contributed by atoms with van der Waals surface area (Å²) < 4.78 is 14.2. The molecule has 1 N–H and O–H groups in total. The Labute approximate surface area is 117 Å². The molecule has 0 aliphatic carbocycles. The van der Waals surface area contributed by atoms with Gasteiger partial charge in [-0.2, -0.15) is 0 Å². The summed E-state index contributed by atoms with van der Waals surface area (Å²) in [6.45, 7) is 1.92. The van der Waals surface area contributed by atoms with E-state index >= 15 is 0 Å². The largest absolute Gasteiger partial charge is 0.481 e. The second-order valence-electron chi connectivity index (χ2n) is 4.78. The Morgan fingerprint density at radius 1 is 1.20 bits per heavy atom. The van der Waals surface area contributed by atoms with E-state index in [0.717, 1.165) is 12.0 Å². The van der Waals surface area contributed by atoms with Crippen molar-refractivity contribution in [2.75, 3.05) is 0 Å². The molecule has 2 rings (SSSR count). The SMILES string of the molecule is CCCC(C(=O)O)c1ccc(-c2ccccc2)c(F)c1. The van der Waals surface area contributed by atoms with Crippen LogP contribution in [-0.4, -0.2) is 11.1 Å². The number of hydrogen-bond donors (Lipinski definition) is 1. The number of hydrogen-bond acceptors (Lipinski definition) is 1. The standard InChI is InChI=1S/C17H17FO2/c1-2-6-15(17(19)20)13-9-10-14(16(18)11-13)12-7-4-3-5-8-12/h3-5,7-11,15H,2,6H2,1H3,(H,19,20). The highest BCUT2D eigenvalue weighted by Gasteiger charge is 2.20. The van der Waals surface area contributed by atoms with Crippen molar-refractivity contribution in [1.82, 2.24) is 0 Å². The first-order valence-electron chi connectivity index (χ1n) is 6.71. The molecule has 20 heavy (non-hydrogen) atoms. The lowest BCUT2D eigenvalue weighted by Gasteiger charge is -2.13. The number of carboxylic acid groups (broad SMARTS) is 1. The van der Waals surface area contributed by atoms with E-state index < -0.39 is 11.9 Å². The van der Waals surface area contributed by atoms with Crippen molar-refractivity contribution in [3.63, 3.8) is 0 Å². The number of benzene rings is 2. The van der Waals surface area contributed by atoms with Crippen LogP contribution >= 0.6 is 0 Å².